The van der Waals surface area contributed by atoms with E-state index in [9.17, 15) is 13.2 Å². The number of aliphatic carboxylic acids is 1. The zero-order valence-electron chi connectivity index (χ0n) is 10.9. The van der Waals surface area contributed by atoms with Gasteiger partial charge in [0.15, 0.2) is 5.75 Å². The van der Waals surface area contributed by atoms with Crippen molar-refractivity contribution in [2.24, 2.45) is 0 Å². The lowest BCUT2D eigenvalue weighted by atomic mass is 10.1. The van der Waals surface area contributed by atoms with Crippen LogP contribution < -0.4 is 5.32 Å². The molecule has 106 valence electrons. The maximum Gasteiger partial charge on any atom is 0.320 e. The van der Waals surface area contributed by atoms with E-state index in [1.165, 1.54) is 4.31 Å². The van der Waals surface area contributed by atoms with E-state index < -0.39 is 21.7 Å². The van der Waals surface area contributed by atoms with Crippen molar-refractivity contribution in [1.29, 1.82) is 0 Å². The van der Waals surface area contributed by atoms with Crippen LogP contribution in [-0.4, -0.2) is 54.7 Å². The number of nitrogens with one attached hydrogen (secondary N) is 1. The van der Waals surface area contributed by atoms with Gasteiger partial charge in [-0.3, -0.25) is 4.79 Å². The molecule has 6 nitrogen and oxygen atoms in total. The highest BCUT2D eigenvalue weighted by molar-refractivity contribution is 7.89. The summed E-state index contributed by atoms with van der Waals surface area (Å²) in [6.45, 7) is 4.79. The molecule has 1 rings (SSSR count). The normalized spacial score (nSPS) is 21.4. The third kappa shape index (κ3) is 4.55. The first-order valence-corrected chi connectivity index (χ1v) is 7.88. The second-order valence-corrected chi connectivity index (χ2v) is 6.88. The van der Waals surface area contributed by atoms with E-state index in [1.807, 2.05) is 0 Å². The molecule has 0 aliphatic carbocycles. The van der Waals surface area contributed by atoms with Gasteiger partial charge in [0, 0.05) is 18.6 Å². The van der Waals surface area contributed by atoms with Gasteiger partial charge < -0.3 is 10.4 Å². The summed E-state index contributed by atoms with van der Waals surface area (Å²) in [6, 6.07) is -0.0946. The van der Waals surface area contributed by atoms with Crippen LogP contribution in [0.25, 0.3) is 0 Å². The first-order valence-electron chi connectivity index (χ1n) is 6.27. The van der Waals surface area contributed by atoms with Crippen molar-refractivity contribution in [2.45, 2.75) is 45.2 Å². The molecule has 0 radical (unpaired) electrons. The number of rotatable bonds is 6. The molecule has 0 aromatic rings. The Labute approximate surface area is 108 Å². The van der Waals surface area contributed by atoms with Crippen molar-refractivity contribution in [1.82, 2.24) is 9.62 Å². The summed E-state index contributed by atoms with van der Waals surface area (Å²) in [5, 5.41) is 11.9. The summed E-state index contributed by atoms with van der Waals surface area (Å²) >= 11 is 0. The number of nitrogens with zero attached hydrogens (tertiary/aromatic N) is 1. The summed E-state index contributed by atoms with van der Waals surface area (Å²) in [7, 11) is -3.73. The minimum Gasteiger partial charge on any atom is -0.480 e. The number of carbonyl (C=O) groups is 1. The molecule has 0 amide bonds. The first-order chi connectivity index (χ1) is 8.33. The highest BCUT2D eigenvalue weighted by Gasteiger charge is 2.30. The monoisotopic (exact) mass is 278 g/mol. The van der Waals surface area contributed by atoms with Crippen molar-refractivity contribution in [3.63, 3.8) is 0 Å². The first kappa shape index (κ1) is 15.4. The van der Waals surface area contributed by atoms with Gasteiger partial charge in [0.25, 0.3) is 0 Å². The summed E-state index contributed by atoms with van der Waals surface area (Å²) < 4.78 is 25.2. The van der Waals surface area contributed by atoms with Gasteiger partial charge in [-0.05, 0) is 33.2 Å². The molecule has 2 N–H and O–H groups in total. The number of piperidine rings is 1. The average Bonchev–Trinajstić information content (AvgIpc) is 2.25. The Morgan fingerprint density at radius 3 is 2.56 bits per heavy atom. The van der Waals surface area contributed by atoms with Crippen LogP contribution in [0, 0.1) is 0 Å². The minimum absolute atomic E-state index is 0.129. The molecule has 1 heterocycles. The molecule has 1 aliphatic rings. The van der Waals surface area contributed by atoms with E-state index in [4.69, 9.17) is 5.11 Å². The lowest BCUT2D eigenvalue weighted by molar-refractivity contribution is -0.134. The van der Waals surface area contributed by atoms with Gasteiger partial charge in [0.2, 0.25) is 10.0 Å². The maximum atomic E-state index is 12.0. The SMILES string of the molecule is CC(C)N(CC1CCCCN1)S(=O)(=O)CC(=O)O. The molecular formula is C11H22N2O4S. The smallest absolute Gasteiger partial charge is 0.320 e. The summed E-state index contributed by atoms with van der Waals surface area (Å²) in [6.07, 6.45) is 3.13. The van der Waals surface area contributed by atoms with Crippen LogP contribution in [0.1, 0.15) is 33.1 Å². The summed E-state index contributed by atoms with van der Waals surface area (Å²) in [5.74, 6) is -2.14. The average molecular weight is 278 g/mol. The molecule has 1 unspecified atom stereocenters. The molecule has 1 fully saturated rings. The number of hydrogen-bond donors (Lipinski definition) is 2. The molecule has 7 heteroatoms. The number of hydrogen-bond acceptors (Lipinski definition) is 4. The molecule has 0 bridgehead atoms. The van der Waals surface area contributed by atoms with Crippen molar-refractivity contribution >= 4 is 16.0 Å². The van der Waals surface area contributed by atoms with Gasteiger partial charge >= 0.3 is 5.97 Å². The Kier molecular flexibility index (Phi) is 5.55. The van der Waals surface area contributed by atoms with Gasteiger partial charge in [-0.2, -0.15) is 4.31 Å². The van der Waals surface area contributed by atoms with Crippen LogP contribution in [0.3, 0.4) is 0 Å². The quantitative estimate of drug-likeness (QED) is 0.727. The number of carboxylic acids is 1. The van der Waals surface area contributed by atoms with Crippen LogP contribution in [0.5, 0.6) is 0 Å². The van der Waals surface area contributed by atoms with E-state index in [2.05, 4.69) is 5.32 Å². The van der Waals surface area contributed by atoms with E-state index in [0.29, 0.717) is 6.54 Å². The van der Waals surface area contributed by atoms with E-state index in [-0.39, 0.29) is 12.1 Å². The zero-order chi connectivity index (χ0) is 13.8. The third-order valence-electron chi connectivity index (χ3n) is 3.05. The van der Waals surface area contributed by atoms with Crippen LogP contribution >= 0.6 is 0 Å². The molecule has 0 spiro atoms. The standard InChI is InChI=1S/C11H22N2O4S/c1-9(2)13(18(16,17)8-11(14)15)7-10-5-3-4-6-12-10/h9-10,12H,3-8H2,1-2H3,(H,14,15). The van der Waals surface area contributed by atoms with E-state index in [0.717, 1.165) is 25.8 Å². The molecule has 1 saturated heterocycles. The maximum absolute atomic E-state index is 12.0. The summed E-state index contributed by atoms with van der Waals surface area (Å²) in [5.41, 5.74) is 0. The van der Waals surface area contributed by atoms with Gasteiger partial charge in [-0.25, -0.2) is 8.42 Å². The van der Waals surface area contributed by atoms with Crippen molar-refractivity contribution < 1.29 is 18.3 Å². The molecule has 1 atom stereocenters. The second kappa shape index (κ2) is 6.49. The third-order valence-corrected chi connectivity index (χ3v) is 4.95. The predicted molar refractivity (Wildman–Crippen MR) is 68.9 cm³/mol. The molecule has 0 aromatic heterocycles. The number of carboxylic acid groups (broad SMARTS) is 1. The highest BCUT2D eigenvalue weighted by atomic mass is 32.2. The van der Waals surface area contributed by atoms with Crippen LogP contribution in [0.15, 0.2) is 0 Å². The summed E-state index contributed by atoms with van der Waals surface area (Å²) in [4.78, 5) is 10.6. The fraction of sp³-hybridized carbons (Fsp3) is 0.909. The van der Waals surface area contributed by atoms with Crippen LogP contribution in [0.4, 0.5) is 0 Å². The molecular weight excluding hydrogens is 256 g/mol. The highest BCUT2D eigenvalue weighted by Crippen LogP contribution is 2.14. The lowest BCUT2D eigenvalue weighted by Gasteiger charge is -2.32. The molecule has 18 heavy (non-hydrogen) atoms. The van der Waals surface area contributed by atoms with Crippen molar-refractivity contribution in [2.75, 3.05) is 18.8 Å². The van der Waals surface area contributed by atoms with E-state index in [1.54, 1.807) is 13.8 Å². The van der Waals surface area contributed by atoms with Crippen LogP contribution in [-0.2, 0) is 14.8 Å². The Morgan fingerprint density at radius 2 is 2.11 bits per heavy atom. The molecule has 0 aromatic carbocycles. The minimum atomic E-state index is -3.73. The zero-order valence-corrected chi connectivity index (χ0v) is 11.7. The van der Waals surface area contributed by atoms with Crippen molar-refractivity contribution in [3.05, 3.63) is 0 Å². The topological polar surface area (TPSA) is 86.7 Å². The fourth-order valence-electron chi connectivity index (χ4n) is 2.18. The van der Waals surface area contributed by atoms with Gasteiger partial charge in [-0.15, -0.1) is 0 Å². The second-order valence-electron chi connectivity index (χ2n) is 4.96. The van der Waals surface area contributed by atoms with Gasteiger partial charge in [0.05, 0.1) is 0 Å². The Hall–Kier alpha value is -0.660. The van der Waals surface area contributed by atoms with Crippen molar-refractivity contribution in [3.8, 4) is 0 Å². The van der Waals surface area contributed by atoms with Crippen LogP contribution in [0.2, 0.25) is 0 Å². The number of sulfonamides is 1. The Bertz CT molecular complexity index is 375. The molecule has 0 saturated carbocycles. The Morgan fingerprint density at radius 1 is 1.44 bits per heavy atom. The van der Waals surface area contributed by atoms with E-state index >= 15 is 0 Å². The predicted octanol–water partition coefficient (Wildman–Crippen LogP) is 0.253. The largest absolute Gasteiger partial charge is 0.480 e. The van der Waals surface area contributed by atoms with Gasteiger partial charge in [-0.1, -0.05) is 6.42 Å². The fourth-order valence-corrected chi connectivity index (χ4v) is 3.71. The lowest BCUT2D eigenvalue weighted by Crippen LogP contribution is -2.49. The van der Waals surface area contributed by atoms with Gasteiger partial charge in [0.1, 0.15) is 0 Å². The Balaban J connectivity index is 2.72. The molecule has 1 aliphatic heterocycles.